The molecule has 0 radical (unpaired) electrons. The second-order valence-electron chi connectivity index (χ2n) is 5.34. The zero-order valence-corrected chi connectivity index (χ0v) is 10.2. The summed E-state index contributed by atoms with van der Waals surface area (Å²) in [5.41, 5.74) is 0.101. The molecule has 4 nitrogen and oxygen atoms in total. The van der Waals surface area contributed by atoms with Crippen LogP contribution in [0.1, 0.15) is 46.5 Å². The van der Waals surface area contributed by atoms with E-state index in [1.165, 1.54) is 0 Å². The van der Waals surface area contributed by atoms with Crippen molar-refractivity contribution in [3.05, 3.63) is 0 Å². The molecule has 1 saturated carbocycles. The fraction of sp³-hybridized carbons (Fsp3) is 0.833. The van der Waals surface area contributed by atoms with Gasteiger partial charge in [0.2, 0.25) is 5.91 Å². The van der Waals surface area contributed by atoms with Gasteiger partial charge in [0.15, 0.2) is 0 Å². The number of carbonyl (C=O) groups is 2. The van der Waals surface area contributed by atoms with E-state index in [0.717, 1.165) is 19.3 Å². The van der Waals surface area contributed by atoms with E-state index >= 15 is 0 Å². The van der Waals surface area contributed by atoms with Crippen LogP contribution in [-0.2, 0) is 9.59 Å². The van der Waals surface area contributed by atoms with Crippen LogP contribution < -0.4 is 5.32 Å². The first-order valence-electron chi connectivity index (χ1n) is 5.89. The lowest BCUT2D eigenvalue weighted by Gasteiger charge is -2.16. The number of carbonyl (C=O) groups excluding carboxylic acids is 1. The first-order chi connectivity index (χ1) is 7.36. The average molecular weight is 227 g/mol. The van der Waals surface area contributed by atoms with Crippen LogP contribution in [0, 0.1) is 11.3 Å². The van der Waals surface area contributed by atoms with E-state index in [-0.39, 0.29) is 29.7 Å². The number of amides is 1. The summed E-state index contributed by atoms with van der Waals surface area (Å²) in [5, 5.41) is 11.6. The number of hydrogen-bond donors (Lipinski definition) is 2. The Morgan fingerprint density at radius 3 is 2.44 bits per heavy atom. The van der Waals surface area contributed by atoms with Gasteiger partial charge in [0.1, 0.15) is 0 Å². The Morgan fingerprint density at radius 2 is 2.06 bits per heavy atom. The third kappa shape index (κ3) is 3.51. The van der Waals surface area contributed by atoms with Crippen LogP contribution in [0.3, 0.4) is 0 Å². The summed E-state index contributed by atoms with van der Waals surface area (Å²) in [6.07, 6.45) is 2.54. The number of carboxylic acid groups (broad SMARTS) is 1. The van der Waals surface area contributed by atoms with Gasteiger partial charge in [-0.1, -0.05) is 27.2 Å². The lowest BCUT2D eigenvalue weighted by Crippen LogP contribution is -2.38. The van der Waals surface area contributed by atoms with Gasteiger partial charge in [0.25, 0.3) is 0 Å². The maximum Gasteiger partial charge on any atom is 0.305 e. The van der Waals surface area contributed by atoms with Gasteiger partial charge in [-0.2, -0.15) is 0 Å². The highest BCUT2D eigenvalue weighted by molar-refractivity contribution is 5.83. The lowest BCUT2D eigenvalue weighted by molar-refractivity contribution is -0.137. The second kappa shape index (κ2) is 4.85. The van der Waals surface area contributed by atoms with Crippen LogP contribution in [0.25, 0.3) is 0 Å². The third-order valence-electron chi connectivity index (χ3n) is 3.23. The first-order valence-corrected chi connectivity index (χ1v) is 5.89. The highest BCUT2D eigenvalue weighted by Gasteiger charge is 2.50. The van der Waals surface area contributed by atoms with Crippen molar-refractivity contribution in [2.45, 2.75) is 52.5 Å². The minimum Gasteiger partial charge on any atom is -0.481 e. The van der Waals surface area contributed by atoms with Crippen molar-refractivity contribution in [1.29, 1.82) is 0 Å². The molecule has 0 aromatic carbocycles. The van der Waals surface area contributed by atoms with E-state index in [4.69, 9.17) is 5.11 Å². The zero-order chi connectivity index (χ0) is 12.3. The summed E-state index contributed by atoms with van der Waals surface area (Å²) in [7, 11) is 0. The van der Waals surface area contributed by atoms with E-state index < -0.39 is 5.97 Å². The summed E-state index contributed by atoms with van der Waals surface area (Å²) < 4.78 is 0. The van der Waals surface area contributed by atoms with E-state index in [0.29, 0.717) is 0 Å². The standard InChI is InChI=1S/C12H21NO3/c1-4-5-8(6-10(14)15)13-11(16)9-7-12(9,2)3/h8-9H,4-7H2,1-3H3,(H,13,16)(H,14,15). The molecule has 92 valence electrons. The Labute approximate surface area is 96.4 Å². The second-order valence-corrected chi connectivity index (χ2v) is 5.34. The molecule has 0 spiro atoms. The highest BCUT2D eigenvalue weighted by Crippen LogP contribution is 2.51. The van der Waals surface area contributed by atoms with Crippen molar-refractivity contribution in [3.8, 4) is 0 Å². The molecule has 0 aromatic rings. The molecule has 16 heavy (non-hydrogen) atoms. The number of nitrogens with one attached hydrogen (secondary N) is 1. The van der Waals surface area contributed by atoms with Gasteiger partial charge in [0, 0.05) is 12.0 Å². The van der Waals surface area contributed by atoms with Gasteiger partial charge in [-0.15, -0.1) is 0 Å². The van der Waals surface area contributed by atoms with E-state index in [1.54, 1.807) is 0 Å². The fourth-order valence-electron chi connectivity index (χ4n) is 2.00. The van der Waals surface area contributed by atoms with Crippen molar-refractivity contribution in [2.75, 3.05) is 0 Å². The van der Waals surface area contributed by atoms with Crippen LogP contribution >= 0.6 is 0 Å². The van der Waals surface area contributed by atoms with E-state index in [1.807, 2.05) is 6.92 Å². The topological polar surface area (TPSA) is 66.4 Å². The summed E-state index contributed by atoms with van der Waals surface area (Å²) in [6, 6.07) is -0.216. The quantitative estimate of drug-likeness (QED) is 0.727. The number of hydrogen-bond acceptors (Lipinski definition) is 2. The normalized spacial score (nSPS) is 23.6. The number of aliphatic carboxylic acids is 1. The van der Waals surface area contributed by atoms with E-state index in [9.17, 15) is 9.59 Å². The first kappa shape index (κ1) is 13.0. The van der Waals surface area contributed by atoms with Gasteiger partial charge in [-0.25, -0.2) is 0 Å². The van der Waals surface area contributed by atoms with Gasteiger partial charge >= 0.3 is 5.97 Å². The monoisotopic (exact) mass is 227 g/mol. The van der Waals surface area contributed by atoms with Crippen molar-refractivity contribution in [1.82, 2.24) is 5.32 Å². The predicted octanol–water partition coefficient (Wildman–Crippen LogP) is 1.79. The Balaban J connectivity index is 2.42. The molecule has 0 aliphatic heterocycles. The molecule has 1 amide bonds. The summed E-state index contributed by atoms with van der Waals surface area (Å²) in [4.78, 5) is 22.4. The maximum absolute atomic E-state index is 11.8. The van der Waals surface area contributed by atoms with Crippen molar-refractivity contribution in [3.63, 3.8) is 0 Å². The minimum absolute atomic E-state index is 0.0182. The molecule has 1 aliphatic rings. The molecule has 2 N–H and O–H groups in total. The molecule has 4 heteroatoms. The average Bonchev–Trinajstić information content (AvgIpc) is 2.74. The number of rotatable bonds is 6. The van der Waals surface area contributed by atoms with Crippen LogP contribution in [-0.4, -0.2) is 23.0 Å². The Kier molecular flexibility index (Phi) is 3.94. The van der Waals surface area contributed by atoms with Crippen molar-refractivity contribution >= 4 is 11.9 Å². The minimum atomic E-state index is -0.853. The Bertz CT molecular complexity index is 286. The van der Waals surface area contributed by atoms with Crippen molar-refractivity contribution in [2.24, 2.45) is 11.3 Å². The summed E-state index contributed by atoms with van der Waals surface area (Å²) in [6.45, 7) is 6.11. The molecule has 1 aliphatic carbocycles. The van der Waals surface area contributed by atoms with Crippen LogP contribution in [0.2, 0.25) is 0 Å². The van der Waals surface area contributed by atoms with Crippen LogP contribution in [0.15, 0.2) is 0 Å². The largest absolute Gasteiger partial charge is 0.481 e. The molecule has 1 rings (SSSR count). The molecule has 0 heterocycles. The van der Waals surface area contributed by atoms with Gasteiger partial charge in [-0.3, -0.25) is 9.59 Å². The molecule has 0 aromatic heterocycles. The molecule has 0 saturated heterocycles. The SMILES string of the molecule is CCCC(CC(=O)O)NC(=O)C1CC1(C)C. The lowest BCUT2D eigenvalue weighted by atomic mass is 10.1. The highest BCUT2D eigenvalue weighted by atomic mass is 16.4. The van der Waals surface area contributed by atoms with Crippen molar-refractivity contribution < 1.29 is 14.7 Å². The zero-order valence-electron chi connectivity index (χ0n) is 10.2. The fourth-order valence-corrected chi connectivity index (χ4v) is 2.00. The Hall–Kier alpha value is -1.06. The Morgan fingerprint density at radius 1 is 1.50 bits per heavy atom. The predicted molar refractivity (Wildman–Crippen MR) is 61.0 cm³/mol. The molecule has 2 unspecified atom stereocenters. The van der Waals surface area contributed by atoms with Crippen LogP contribution in [0.4, 0.5) is 0 Å². The molecular weight excluding hydrogens is 206 g/mol. The molecule has 0 bridgehead atoms. The molecule has 1 fully saturated rings. The van der Waals surface area contributed by atoms with Crippen LogP contribution in [0.5, 0.6) is 0 Å². The smallest absolute Gasteiger partial charge is 0.305 e. The molecular formula is C12H21NO3. The van der Waals surface area contributed by atoms with Gasteiger partial charge < -0.3 is 10.4 Å². The van der Waals surface area contributed by atoms with Gasteiger partial charge in [0.05, 0.1) is 6.42 Å². The third-order valence-corrected chi connectivity index (χ3v) is 3.23. The van der Waals surface area contributed by atoms with Gasteiger partial charge in [-0.05, 0) is 18.3 Å². The maximum atomic E-state index is 11.8. The molecule has 2 atom stereocenters. The van der Waals surface area contributed by atoms with E-state index in [2.05, 4.69) is 19.2 Å². The number of carboxylic acids is 1. The summed E-state index contributed by atoms with van der Waals surface area (Å²) in [5.74, 6) is -0.765. The summed E-state index contributed by atoms with van der Waals surface area (Å²) >= 11 is 0.